The van der Waals surface area contributed by atoms with Gasteiger partial charge in [0.1, 0.15) is 12.4 Å². The van der Waals surface area contributed by atoms with Crippen molar-refractivity contribution in [3.05, 3.63) is 104 Å². The van der Waals surface area contributed by atoms with Gasteiger partial charge in [0.05, 0.1) is 20.8 Å². The second-order valence-corrected chi connectivity index (χ2v) is 11.0. The Hall–Kier alpha value is -2.95. The Balaban J connectivity index is 1.42. The van der Waals surface area contributed by atoms with Crippen molar-refractivity contribution in [1.29, 1.82) is 0 Å². The van der Waals surface area contributed by atoms with Crippen LogP contribution in [0.3, 0.4) is 0 Å². The first kappa shape index (κ1) is 25.7. The van der Waals surface area contributed by atoms with Gasteiger partial charge in [-0.1, -0.05) is 72.5 Å². The third kappa shape index (κ3) is 5.51. The number of fused-ring (bicyclic) bond motifs is 1. The van der Waals surface area contributed by atoms with Crippen molar-refractivity contribution in [2.24, 2.45) is 0 Å². The van der Waals surface area contributed by atoms with Crippen LogP contribution >= 0.6 is 46.6 Å². The van der Waals surface area contributed by atoms with Gasteiger partial charge in [0, 0.05) is 0 Å². The fourth-order valence-corrected chi connectivity index (χ4v) is 6.18. The SMILES string of the molecule is CCOc1cc(/C=C2\SC(=S)N(c3cccc(F)c3)C2=O)cc(I)c1OCc1cccc2ccccc12. The zero-order valence-corrected chi connectivity index (χ0v) is 23.5. The number of amides is 1. The minimum Gasteiger partial charge on any atom is -0.490 e. The number of hydrogen-bond donors (Lipinski definition) is 0. The van der Waals surface area contributed by atoms with E-state index in [2.05, 4.69) is 46.9 Å². The Morgan fingerprint density at radius 3 is 2.62 bits per heavy atom. The van der Waals surface area contributed by atoms with Gasteiger partial charge in [-0.15, -0.1) is 0 Å². The molecule has 0 radical (unpaired) electrons. The predicted octanol–water partition coefficient (Wildman–Crippen LogP) is 7.97. The number of hydrogen-bond acceptors (Lipinski definition) is 5. The molecule has 1 aliphatic heterocycles. The van der Waals surface area contributed by atoms with E-state index >= 15 is 0 Å². The van der Waals surface area contributed by atoms with E-state index in [1.165, 1.54) is 28.8 Å². The summed E-state index contributed by atoms with van der Waals surface area (Å²) in [5.74, 6) is 0.539. The van der Waals surface area contributed by atoms with Crippen LogP contribution in [-0.4, -0.2) is 16.8 Å². The number of rotatable bonds is 7. The summed E-state index contributed by atoms with van der Waals surface area (Å²) in [4.78, 5) is 14.9. The van der Waals surface area contributed by atoms with Crippen molar-refractivity contribution in [3.63, 3.8) is 0 Å². The molecule has 0 bridgehead atoms. The van der Waals surface area contributed by atoms with E-state index in [1.54, 1.807) is 18.2 Å². The Morgan fingerprint density at radius 2 is 1.81 bits per heavy atom. The molecular weight excluding hydrogens is 620 g/mol. The zero-order chi connectivity index (χ0) is 25.9. The van der Waals surface area contributed by atoms with Crippen molar-refractivity contribution < 1.29 is 18.7 Å². The molecule has 1 aliphatic rings. The first-order valence-electron chi connectivity index (χ1n) is 11.5. The van der Waals surface area contributed by atoms with Crippen molar-refractivity contribution in [2.45, 2.75) is 13.5 Å². The molecule has 186 valence electrons. The predicted molar refractivity (Wildman–Crippen MR) is 161 cm³/mol. The first-order chi connectivity index (χ1) is 17.9. The number of benzene rings is 4. The number of thiocarbonyl (C=S) groups is 1. The van der Waals surface area contributed by atoms with Gasteiger partial charge < -0.3 is 9.47 Å². The largest absolute Gasteiger partial charge is 0.490 e. The van der Waals surface area contributed by atoms with Gasteiger partial charge in [-0.3, -0.25) is 9.69 Å². The molecule has 0 aromatic heterocycles. The smallest absolute Gasteiger partial charge is 0.270 e. The van der Waals surface area contributed by atoms with Crippen molar-refractivity contribution >= 4 is 79.3 Å². The number of carbonyl (C=O) groups excluding carboxylic acids is 1. The molecule has 1 amide bonds. The molecule has 0 N–H and O–H groups in total. The first-order valence-corrected chi connectivity index (χ1v) is 13.8. The van der Waals surface area contributed by atoms with Crippen LogP contribution in [0.1, 0.15) is 18.1 Å². The summed E-state index contributed by atoms with van der Waals surface area (Å²) in [5, 5.41) is 2.31. The van der Waals surface area contributed by atoms with Gasteiger partial charge in [0.15, 0.2) is 15.8 Å². The van der Waals surface area contributed by atoms with Crippen molar-refractivity contribution in [2.75, 3.05) is 11.5 Å². The highest BCUT2D eigenvalue weighted by Gasteiger charge is 2.33. The normalized spacial score (nSPS) is 14.6. The average molecular weight is 642 g/mol. The fraction of sp³-hybridized carbons (Fsp3) is 0.103. The number of ether oxygens (including phenoxy) is 2. The van der Waals surface area contributed by atoms with Crippen LogP contribution in [0.4, 0.5) is 10.1 Å². The second kappa shape index (κ2) is 11.2. The van der Waals surface area contributed by atoms with Gasteiger partial charge >= 0.3 is 0 Å². The summed E-state index contributed by atoms with van der Waals surface area (Å²) in [6.45, 7) is 2.77. The van der Waals surface area contributed by atoms with Crippen LogP contribution < -0.4 is 14.4 Å². The number of carbonyl (C=O) groups is 1. The number of thioether (sulfide) groups is 1. The van der Waals surface area contributed by atoms with Crippen LogP contribution in [0.2, 0.25) is 0 Å². The molecule has 1 saturated heterocycles. The minimum absolute atomic E-state index is 0.287. The second-order valence-electron chi connectivity index (χ2n) is 8.19. The molecule has 0 atom stereocenters. The average Bonchev–Trinajstić information content (AvgIpc) is 3.16. The Kier molecular flexibility index (Phi) is 7.78. The molecule has 8 heteroatoms. The Morgan fingerprint density at radius 1 is 1.03 bits per heavy atom. The maximum atomic E-state index is 13.7. The lowest BCUT2D eigenvalue weighted by Crippen LogP contribution is -2.27. The molecule has 0 unspecified atom stereocenters. The highest BCUT2D eigenvalue weighted by Crippen LogP contribution is 2.39. The van der Waals surface area contributed by atoms with E-state index in [-0.39, 0.29) is 5.91 Å². The molecule has 4 aromatic rings. The molecule has 0 aliphatic carbocycles. The Labute approximate surface area is 237 Å². The van der Waals surface area contributed by atoms with E-state index in [1.807, 2.05) is 37.3 Å². The summed E-state index contributed by atoms with van der Waals surface area (Å²) in [6, 6.07) is 24.0. The Bertz CT molecular complexity index is 1550. The lowest BCUT2D eigenvalue weighted by molar-refractivity contribution is -0.113. The van der Waals surface area contributed by atoms with Crippen molar-refractivity contribution in [1.82, 2.24) is 0 Å². The summed E-state index contributed by atoms with van der Waals surface area (Å²) in [6.07, 6.45) is 1.78. The number of halogens is 2. The molecule has 37 heavy (non-hydrogen) atoms. The molecule has 5 rings (SSSR count). The maximum absolute atomic E-state index is 13.7. The maximum Gasteiger partial charge on any atom is 0.270 e. The summed E-state index contributed by atoms with van der Waals surface area (Å²) in [7, 11) is 0. The quantitative estimate of drug-likeness (QED) is 0.116. The van der Waals surface area contributed by atoms with Gasteiger partial charge in [-0.05, 0) is 87.8 Å². The highest BCUT2D eigenvalue weighted by atomic mass is 127. The standard InChI is InChI=1S/C29H21FINO3S2/c1-2-34-25-14-18(15-26-28(33)32(29(36)37-26)22-11-6-10-21(30)16-22)13-24(31)27(25)35-17-20-9-5-8-19-7-3-4-12-23(19)20/h3-16H,2,17H2,1H3/b26-15-. The molecule has 4 nitrogen and oxygen atoms in total. The van der Waals surface area contributed by atoms with E-state index in [9.17, 15) is 9.18 Å². The topological polar surface area (TPSA) is 38.8 Å². The summed E-state index contributed by atoms with van der Waals surface area (Å²) in [5.41, 5.74) is 2.28. The molecule has 1 heterocycles. The van der Waals surface area contributed by atoms with Gasteiger partial charge in [0.25, 0.3) is 5.91 Å². The van der Waals surface area contributed by atoms with Crippen LogP contribution in [0.25, 0.3) is 16.8 Å². The van der Waals surface area contributed by atoms with Gasteiger partial charge in [-0.25, -0.2) is 4.39 Å². The van der Waals surface area contributed by atoms with Gasteiger partial charge in [0.2, 0.25) is 0 Å². The molecule has 1 fully saturated rings. The highest BCUT2D eigenvalue weighted by molar-refractivity contribution is 14.1. The molecule has 0 saturated carbocycles. The van der Waals surface area contributed by atoms with E-state index in [0.717, 1.165) is 25.5 Å². The molecule has 0 spiro atoms. The van der Waals surface area contributed by atoms with Crippen LogP contribution in [-0.2, 0) is 11.4 Å². The van der Waals surface area contributed by atoms with E-state index in [0.29, 0.717) is 39.6 Å². The van der Waals surface area contributed by atoms with Crippen LogP contribution in [0.15, 0.2) is 83.8 Å². The minimum atomic E-state index is -0.425. The number of anilines is 1. The zero-order valence-electron chi connectivity index (χ0n) is 19.7. The third-order valence-electron chi connectivity index (χ3n) is 5.74. The lowest BCUT2D eigenvalue weighted by atomic mass is 10.1. The van der Waals surface area contributed by atoms with E-state index in [4.69, 9.17) is 21.7 Å². The summed E-state index contributed by atoms with van der Waals surface area (Å²) >= 11 is 8.83. The monoisotopic (exact) mass is 641 g/mol. The number of nitrogens with zero attached hydrogens (tertiary/aromatic N) is 1. The van der Waals surface area contributed by atoms with E-state index < -0.39 is 5.82 Å². The van der Waals surface area contributed by atoms with Gasteiger partial charge in [-0.2, -0.15) is 0 Å². The van der Waals surface area contributed by atoms with Crippen LogP contribution in [0, 0.1) is 9.39 Å². The van der Waals surface area contributed by atoms with Crippen LogP contribution in [0.5, 0.6) is 11.5 Å². The lowest BCUT2D eigenvalue weighted by Gasteiger charge is -2.16. The summed E-state index contributed by atoms with van der Waals surface area (Å²) < 4.78 is 27.1. The van der Waals surface area contributed by atoms with Crippen molar-refractivity contribution in [3.8, 4) is 11.5 Å². The fourth-order valence-electron chi connectivity index (χ4n) is 4.10. The third-order valence-corrected chi connectivity index (χ3v) is 7.84. The molecular formula is C29H21FINO3S2. The molecule has 4 aromatic carbocycles.